The molecular formula is C29H34N2O4. The second kappa shape index (κ2) is 9.94. The van der Waals surface area contributed by atoms with E-state index in [0.717, 1.165) is 31.1 Å². The molecule has 2 aliphatic carbocycles. The number of hydrogen-bond acceptors (Lipinski definition) is 5. The number of piperidine rings is 1. The van der Waals surface area contributed by atoms with Gasteiger partial charge in [0.2, 0.25) is 6.79 Å². The highest BCUT2D eigenvalue weighted by Gasteiger charge is 2.28. The second-order valence-corrected chi connectivity index (χ2v) is 10.3. The third kappa shape index (κ3) is 4.90. The van der Waals surface area contributed by atoms with E-state index in [9.17, 15) is 4.79 Å². The van der Waals surface area contributed by atoms with Crippen LogP contribution in [0.25, 0.3) is 11.3 Å². The summed E-state index contributed by atoms with van der Waals surface area (Å²) in [4.78, 5) is 15.4. The number of hydrogen-bond donors (Lipinski definition) is 1. The molecule has 3 aliphatic heterocycles. The Kier molecular flexibility index (Phi) is 6.38. The van der Waals surface area contributed by atoms with Gasteiger partial charge in [0.25, 0.3) is 5.91 Å². The number of nitrogens with zero attached hydrogens (tertiary/aromatic N) is 1. The minimum Gasteiger partial charge on any atom is -0.464 e. The van der Waals surface area contributed by atoms with Crippen molar-refractivity contribution in [3.8, 4) is 22.8 Å². The molecule has 184 valence electrons. The van der Waals surface area contributed by atoms with Gasteiger partial charge in [0.1, 0.15) is 5.76 Å². The van der Waals surface area contributed by atoms with Gasteiger partial charge in [-0.15, -0.1) is 0 Å². The molecule has 1 aromatic carbocycles. The fraction of sp³-hybridized carbons (Fsp3) is 0.483. The predicted molar refractivity (Wildman–Crippen MR) is 134 cm³/mol. The molecule has 6 nitrogen and oxygen atoms in total. The maximum absolute atomic E-state index is 12.7. The molecule has 1 unspecified atom stereocenters. The molecule has 1 atom stereocenters. The lowest BCUT2D eigenvalue weighted by molar-refractivity contribution is 0.0915. The van der Waals surface area contributed by atoms with Crippen LogP contribution in [0.2, 0.25) is 0 Å². The van der Waals surface area contributed by atoms with Crippen LogP contribution < -0.4 is 14.8 Å². The standard InChI is InChI=1S/C29H34N2O4/c32-29(22-9-12-27-28(17-22)35-19-34-27)30-24-10-7-20(8-11-24)13-15-31-14-2-1-5-25(31)23-16-21-4-3-6-26(21)33-18-23/h3-4,6,9,12,16-18,20,24-25H,1-2,5,7-8,10-11,13-15,19H2,(H,30,32). The van der Waals surface area contributed by atoms with Gasteiger partial charge in [0, 0.05) is 28.8 Å². The monoisotopic (exact) mass is 474 g/mol. The number of amides is 1. The number of carbonyl (C=O) groups excluding carboxylic acids is 1. The van der Waals surface area contributed by atoms with Gasteiger partial charge in [-0.2, -0.15) is 0 Å². The summed E-state index contributed by atoms with van der Waals surface area (Å²) in [5.74, 6) is 3.05. The van der Waals surface area contributed by atoms with Crippen LogP contribution in [0.4, 0.5) is 0 Å². The molecule has 35 heavy (non-hydrogen) atoms. The first kappa shape index (κ1) is 22.5. The lowest BCUT2D eigenvalue weighted by Crippen LogP contribution is -2.39. The van der Waals surface area contributed by atoms with Crippen molar-refractivity contribution in [3.05, 3.63) is 59.9 Å². The lowest BCUT2D eigenvalue weighted by Gasteiger charge is -2.37. The molecule has 5 aliphatic rings. The summed E-state index contributed by atoms with van der Waals surface area (Å²) in [6.07, 6.45) is 11.4. The van der Waals surface area contributed by atoms with Crippen molar-refractivity contribution in [2.75, 3.05) is 19.9 Å². The Morgan fingerprint density at radius 2 is 1.86 bits per heavy atom. The van der Waals surface area contributed by atoms with Crippen molar-refractivity contribution in [2.24, 2.45) is 5.92 Å². The summed E-state index contributed by atoms with van der Waals surface area (Å²) in [5.41, 5.74) is 3.16. The van der Waals surface area contributed by atoms with Crippen molar-refractivity contribution >= 4 is 5.91 Å². The molecule has 1 N–H and O–H groups in total. The molecule has 1 amide bonds. The van der Waals surface area contributed by atoms with Crippen LogP contribution in [-0.4, -0.2) is 36.7 Å². The number of likely N-dealkylation sites (tertiary alicyclic amines) is 1. The molecule has 0 spiro atoms. The summed E-state index contributed by atoms with van der Waals surface area (Å²) in [6, 6.07) is 14.7. The molecule has 2 fully saturated rings. The fourth-order valence-electron chi connectivity index (χ4n) is 6.05. The molecule has 0 aromatic heterocycles. The Labute approximate surface area is 206 Å². The van der Waals surface area contributed by atoms with E-state index in [4.69, 9.17) is 13.9 Å². The summed E-state index contributed by atoms with van der Waals surface area (Å²) in [7, 11) is 0. The third-order valence-electron chi connectivity index (χ3n) is 8.09. The number of fused-ring (bicyclic) bond motifs is 2. The Hall–Kier alpha value is -2.99. The van der Waals surface area contributed by atoms with Gasteiger partial charge in [-0.05, 0) is 94.3 Å². The van der Waals surface area contributed by atoms with Crippen LogP contribution in [0.3, 0.4) is 0 Å². The molecule has 6 heteroatoms. The van der Waals surface area contributed by atoms with Crippen LogP contribution in [0.5, 0.6) is 11.5 Å². The highest BCUT2D eigenvalue weighted by Crippen LogP contribution is 2.36. The number of nitrogens with one attached hydrogen (secondary N) is 1. The summed E-state index contributed by atoms with van der Waals surface area (Å²) < 4.78 is 16.7. The summed E-state index contributed by atoms with van der Waals surface area (Å²) >= 11 is 0. The molecule has 1 aromatic rings. The Bertz CT molecular complexity index is 1130. The highest BCUT2D eigenvalue weighted by atomic mass is 16.7. The zero-order valence-electron chi connectivity index (χ0n) is 20.2. The Morgan fingerprint density at radius 1 is 0.971 bits per heavy atom. The maximum Gasteiger partial charge on any atom is 0.251 e. The highest BCUT2D eigenvalue weighted by molar-refractivity contribution is 5.95. The van der Waals surface area contributed by atoms with Crippen molar-refractivity contribution < 1.29 is 18.7 Å². The van der Waals surface area contributed by atoms with Gasteiger partial charge in [-0.3, -0.25) is 9.69 Å². The van der Waals surface area contributed by atoms with E-state index in [1.165, 1.54) is 56.2 Å². The van der Waals surface area contributed by atoms with E-state index < -0.39 is 0 Å². The Balaban J connectivity index is 0.996. The molecule has 6 rings (SSSR count). The van der Waals surface area contributed by atoms with Gasteiger partial charge in [0.05, 0.1) is 6.26 Å². The molecule has 0 bridgehead atoms. The van der Waals surface area contributed by atoms with E-state index in [1.807, 2.05) is 24.5 Å². The first-order valence-corrected chi connectivity index (χ1v) is 13.1. The molecule has 1 saturated carbocycles. The van der Waals surface area contributed by atoms with Crippen LogP contribution >= 0.6 is 0 Å². The smallest absolute Gasteiger partial charge is 0.251 e. The van der Waals surface area contributed by atoms with Crippen LogP contribution in [0.15, 0.2) is 53.1 Å². The van der Waals surface area contributed by atoms with Gasteiger partial charge in [0.15, 0.2) is 11.5 Å². The largest absolute Gasteiger partial charge is 0.464 e. The number of rotatable bonds is 6. The van der Waals surface area contributed by atoms with Crippen LogP contribution in [-0.2, 0) is 0 Å². The zero-order chi connectivity index (χ0) is 23.6. The van der Waals surface area contributed by atoms with E-state index in [2.05, 4.69) is 28.4 Å². The summed E-state index contributed by atoms with van der Waals surface area (Å²) in [5, 5.41) is 3.24. The molecular weight excluding hydrogens is 440 g/mol. The topological polar surface area (TPSA) is 63.9 Å². The lowest BCUT2D eigenvalue weighted by atomic mass is 9.83. The minimum atomic E-state index is -0.0184. The minimum absolute atomic E-state index is 0.0184. The first-order chi connectivity index (χ1) is 17.2. The van der Waals surface area contributed by atoms with Crippen molar-refractivity contribution in [2.45, 2.75) is 63.5 Å². The van der Waals surface area contributed by atoms with Crippen molar-refractivity contribution in [1.29, 1.82) is 0 Å². The van der Waals surface area contributed by atoms with E-state index in [1.54, 1.807) is 6.07 Å². The van der Waals surface area contributed by atoms with Gasteiger partial charge in [-0.1, -0.05) is 18.6 Å². The van der Waals surface area contributed by atoms with E-state index >= 15 is 0 Å². The first-order valence-electron chi connectivity index (χ1n) is 13.1. The van der Waals surface area contributed by atoms with Gasteiger partial charge < -0.3 is 19.2 Å². The van der Waals surface area contributed by atoms with E-state index in [0.29, 0.717) is 23.1 Å². The average Bonchev–Trinajstić information content (AvgIpc) is 3.57. The maximum atomic E-state index is 12.7. The van der Waals surface area contributed by atoms with Crippen LogP contribution in [0.1, 0.15) is 73.3 Å². The van der Waals surface area contributed by atoms with Gasteiger partial charge in [-0.25, -0.2) is 0 Å². The van der Waals surface area contributed by atoms with Gasteiger partial charge >= 0.3 is 0 Å². The number of carbonyl (C=O) groups is 1. The number of ether oxygens (including phenoxy) is 2. The fourth-order valence-corrected chi connectivity index (χ4v) is 6.05. The quantitative estimate of drug-likeness (QED) is 0.473. The SMILES string of the molecule is O=C(NC1CCC(CCN2CCCCC2c2coc3cccc-3c2)CC1)c1ccc2c(c1)OCO2. The third-order valence-corrected chi connectivity index (χ3v) is 8.09. The normalized spacial score (nSPS) is 24.5. The van der Waals surface area contributed by atoms with Crippen LogP contribution in [0, 0.1) is 5.92 Å². The van der Waals surface area contributed by atoms with Crippen molar-refractivity contribution in [1.82, 2.24) is 10.2 Å². The predicted octanol–water partition coefficient (Wildman–Crippen LogP) is 6.02. The number of benzene rings is 1. The van der Waals surface area contributed by atoms with Crippen molar-refractivity contribution in [3.63, 3.8) is 0 Å². The molecule has 1 saturated heterocycles. The summed E-state index contributed by atoms with van der Waals surface area (Å²) in [6.45, 7) is 2.54. The Morgan fingerprint density at radius 3 is 2.77 bits per heavy atom. The average molecular weight is 475 g/mol. The molecule has 3 heterocycles. The zero-order valence-corrected chi connectivity index (χ0v) is 20.2. The van der Waals surface area contributed by atoms with E-state index in [-0.39, 0.29) is 18.7 Å². The second-order valence-electron chi connectivity index (χ2n) is 10.3. The molecule has 0 radical (unpaired) electrons.